The summed E-state index contributed by atoms with van der Waals surface area (Å²) >= 11 is 3.39. The average molecular weight is 263 g/mol. The van der Waals surface area contributed by atoms with Gasteiger partial charge in [-0.2, -0.15) is 0 Å². The molecule has 82 valence electrons. The predicted octanol–water partition coefficient (Wildman–Crippen LogP) is 3.65. The number of carbonyl (C=O) groups excluding carboxylic acids is 1. The number of unbranched alkanes of at least 4 members (excludes halogenated alkanes) is 1. The molecule has 0 heterocycles. The van der Waals surface area contributed by atoms with Crippen LogP contribution < -0.4 is 0 Å². The Balaban J connectivity index is 3.95. The van der Waals surface area contributed by atoms with Crippen molar-refractivity contribution >= 4 is 21.9 Å². The van der Waals surface area contributed by atoms with E-state index in [9.17, 15) is 4.79 Å². The van der Waals surface area contributed by atoms with Crippen LogP contribution in [0.15, 0.2) is 12.7 Å². The summed E-state index contributed by atoms with van der Waals surface area (Å²) in [4.78, 5) is 10.9. The number of carbonyl (C=O) groups is 1. The van der Waals surface area contributed by atoms with Crippen LogP contribution in [0.5, 0.6) is 0 Å². The SMILES string of the molecule is C=CC(=O)OC(Br)C(CC)CCCC. The van der Waals surface area contributed by atoms with E-state index in [4.69, 9.17) is 4.74 Å². The molecular formula is C11H19BrO2. The van der Waals surface area contributed by atoms with Gasteiger partial charge >= 0.3 is 5.97 Å². The lowest BCUT2D eigenvalue weighted by Crippen LogP contribution is -2.20. The van der Waals surface area contributed by atoms with Gasteiger partial charge in [-0.3, -0.25) is 0 Å². The van der Waals surface area contributed by atoms with Crippen LogP contribution in [0.25, 0.3) is 0 Å². The third-order valence-corrected chi connectivity index (χ3v) is 3.15. The first-order valence-electron chi connectivity index (χ1n) is 5.12. The number of ether oxygens (including phenoxy) is 1. The lowest BCUT2D eigenvalue weighted by Gasteiger charge is -2.20. The van der Waals surface area contributed by atoms with Crippen molar-refractivity contribution in [2.24, 2.45) is 5.92 Å². The van der Waals surface area contributed by atoms with Crippen molar-refractivity contribution in [1.82, 2.24) is 0 Å². The van der Waals surface area contributed by atoms with E-state index in [1.807, 2.05) is 0 Å². The molecular weight excluding hydrogens is 244 g/mol. The van der Waals surface area contributed by atoms with Gasteiger partial charge in [-0.15, -0.1) is 0 Å². The van der Waals surface area contributed by atoms with Gasteiger partial charge in [0.2, 0.25) is 0 Å². The molecule has 0 saturated heterocycles. The Morgan fingerprint density at radius 3 is 2.64 bits per heavy atom. The standard InChI is InChI=1S/C11H19BrO2/c1-4-7-8-9(5-2)11(12)14-10(13)6-3/h6,9,11H,3-5,7-8H2,1-2H3. The van der Waals surface area contributed by atoms with Crippen molar-refractivity contribution in [3.05, 3.63) is 12.7 Å². The van der Waals surface area contributed by atoms with Crippen molar-refractivity contribution < 1.29 is 9.53 Å². The van der Waals surface area contributed by atoms with Gasteiger partial charge in [0.15, 0.2) is 5.01 Å². The first kappa shape index (κ1) is 13.7. The molecule has 14 heavy (non-hydrogen) atoms. The van der Waals surface area contributed by atoms with Gasteiger partial charge in [-0.25, -0.2) is 4.79 Å². The fourth-order valence-corrected chi connectivity index (χ4v) is 2.06. The average Bonchev–Trinajstić information content (AvgIpc) is 2.18. The Morgan fingerprint density at radius 2 is 2.21 bits per heavy atom. The maximum atomic E-state index is 10.9. The molecule has 0 aliphatic rings. The van der Waals surface area contributed by atoms with Crippen molar-refractivity contribution in [2.75, 3.05) is 0 Å². The quantitative estimate of drug-likeness (QED) is 0.398. The molecule has 0 aromatic heterocycles. The Labute approximate surface area is 94.8 Å². The second-order valence-corrected chi connectivity index (χ2v) is 4.21. The number of hydrogen-bond donors (Lipinski definition) is 0. The van der Waals surface area contributed by atoms with E-state index >= 15 is 0 Å². The molecule has 0 spiro atoms. The third kappa shape index (κ3) is 5.43. The molecule has 0 rings (SSSR count). The van der Waals surface area contributed by atoms with Crippen molar-refractivity contribution in [3.63, 3.8) is 0 Å². The summed E-state index contributed by atoms with van der Waals surface area (Å²) in [6.45, 7) is 7.63. The smallest absolute Gasteiger partial charge is 0.331 e. The van der Waals surface area contributed by atoms with E-state index in [2.05, 4.69) is 36.4 Å². The molecule has 0 amide bonds. The molecule has 2 nitrogen and oxygen atoms in total. The summed E-state index contributed by atoms with van der Waals surface area (Å²) in [5.74, 6) is 0.0423. The van der Waals surface area contributed by atoms with Gasteiger partial charge < -0.3 is 4.74 Å². The zero-order chi connectivity index (χ0) is 11.0. The van der Waals surface area contributed by atoms with Crippen molar-refractivity contribution in [2.45, 2.75) is 44.5 Å². The predicted molar refractivity (Wildman–Crippen MR) is 62.3 cm³/mol. The molecule has 0 N–H and O–H groups in total. The molecule has 3 heteroatoms. The van der Waals surface area contributed by atoms with Gasteiger partial charge in [-0.05, 0) is 28.8 Å². The molecule has 0 fully saturated rings. The van der Waals surface area contributed by atoms with E-state index in [0.29, 0.717) is 5.92 Å². The summed E-state index contributed by atoms with van der Waals surface area (Å²) in [5, 5.41) is -0.176. The van der Waals surface area contributed by atoms with Gasteiger partial charge in [0.05, 0.1) is 0 Å². The summed E-state index contributed by atoms with van der Waals surface area (Å²) in [6.07, 6.45) is 5.65. The van der Waals surface area contributed by atoms with Gasteiger partial charge in [0.25, 0.3) is 0 Å². The van der Waals surface area contributed by atoms with Crippen molar-refractivity contribution in [3.8, 4) is 0 Å². The number of esters is 1. The minimum Gasteiger partial charge on any atom is -0.447 e. The Kier molecular flexibility index (Phi) is 7.86. The summed E-state index contributed by atoms with van der Waals surface area (Å²) < 4.78 is 5.11. The highest BCUT2D eigenvalue weighted by Crippen LogP contribution is 2.23. The molecule has 0 aliphatic heterocycles. The first-order chi connectivity index (χ1) is 6.65. The fourth-order valence-electron chi connectivity index (χ4n) is 1.24. The molecule has 0 saturated carbocycles. The van der Waals surface area contributed by atoms with Gasteiger partial charge in [0, 0.05) is 12.0 Å². The number of halogens is 1. The van der Waals surface area contributed by atoms with Crippen LogP contribution in [0.2, 0.25) is 0 Å². The Morgan fingerprint density at radius 1 is 1.57 bits per heavy atom. The normalized spacial score (nSPS) is 14.5. The topological polar surface area (TPSA) is 26.3 Å². The summed E-state index contributed by atoms with van der Waals surface area (Å²) in [6, 6.07) is 0. The maximum absolute atomic E-state index is 10.9. The minimum atomic E-state index is -0.359. The van der Waals surface area contributed by atoms with Crippen LogP contribution in [-0.4, -0.2) is 11.0 Å². The Bertz CT molecular complexity index is 180. The van der Waals surface area contributed by atoms with Gasteiger partial charge in [-0.1, -0.05) is 33.3 Å². The maximum Gasteiger partial charge on any atom is 0.331 e. The lowest BCUT2D eigenvalue weighted by molar-refractivity contribution is -0.140. The second kappa shape index (κ2) is 8.04. The monoisotopic (exact) mass is 262 g/mol. The summed E-state index contributed by atoms with van der Waals surface area (Å²) in [7, 11) is 0. The van der Waals surface area contributed by atoms with Crippen LogP contribution in [0.1, 0.15) is 39.5 Å². The molecule has 0 bridgehead atoms. The lowest BCUT2D eigenvalue weighted by atomic mass is 10.0. The molecule has 0 radical (unpaired) electrons. The number of rotatable bonds is 7. The highest BCUT2D eigenvalue weighted by atomic mass is 79.9. The van der Waals surface area contributed by atoms with E-state index in [1.54, 1.807) is 0 Å². The van der Waals surface area contributed by atoms with E-state index in [-0.39, 0.29) is 11.0 Å². The highest BCUT2D eigenvalue weighted by molar-refractivity contribution is 9.09. The van der Waals surface area contributed by atoms with E-state index < -0.39 is 0 Å². The molecule has 2 atom stereocenters. The van der Waals surface area contributed by atoms with Crippen LogP contribution in [0, 0.1) is 5.92 Å². The minimum absolute atomic E-state index is 0.176. The fraction of sp³-hybridized carbons (Fsp3) is 0.727. The van der Waals surface area contributed by atoms with E-state index in [1.165, 1.54) is 18.9 Å². The number of alkyl halides is 1. The van der Waals surface area contributed by atoms with Crippen LogP contribution in [-0.2, 0) is 9.53 Å². The van der Waals surface area contributed by atoms with E-state index in [0.717, 1.165) is 12.8 Å². The van der Waals surface area contributed by atoms with Crippen LogP contribution in [0.4, 0.5) is 0 Å². The van der Waals surface area contributed by atoms with Crippen LogP contribution >= 0.6 is 15.9 Å². The van der Waals surface area contributed by atoms with Crippen molar-refractivity contribution in [1.29, 1.82) is 0 Å². The zero-order valence-electron chi connectivity index (χ0n) is 8.96. The van der Waals surface area contributed by atoms with Crippen LogP contribution in [0.3, 0.4) is 0 Å². The number of hydrogen-bond acceptors (Lipinski definition) is 2. The van der Waals surface area contributed by atoms with Gasteiger partial charge in [0.1, 0.15) is 0 Å². The third-order valence-electron chi connectivity index (χ3n) is 2.22. The second-order valence-electron chi connectivity index (χ2n) is 3.30. The molecule has 2 unspecified atom stereocenters. The zero-order valence-corrected chi connectivity index (χ0v) is 10.5. The highest BCUT2D eigenvalue weighted by Gasteiger charge is 2.19. The molecule has 0 aromatic rings. The largest absolute Gasteiger partial charge is 0.447 e. The summed E-state index contributed by atoms with van der Waals surface area (Å²) in [5.41, 5.74) is 0. The Hall–Kier alpha value is -0.310. The first-order valence-corrected chi connectivity index (χ1v) is 6.04. The molecule has 0 aliphatic carbocycles. The molecule has 0 aromatic carbocycles.